The number of nitrogens with zero attached hydrogens (tertiary/aromatic N) is 4. The fourth-order valence-corrected chi connectivity index (χ4v) is 1.71. The van der Waals surface area contributed by atoms with Crippen LogP contribution in [0.2, 0.25) is 0 Å². The highest BCUT2D eigenvalue weighted by Crippen LogP contribution is 2.22. The summed E-state index contributed by atoms with van der Waals surface area (Å²) in [5.41, 5.74) is 0. The summed E-state index contributed by atoms with van der Waals surface area (Å²) in [5, 5.41) is 4.76. The lowest BCUT2D eigenvalue weighted by Gasteiger charge is -2.17. The third-order valence-electron chi connectivity index (χ3n) is 2.21. The van der Waals surface area contributed by atoms with Crippen molar-refractivity contribution in [2.75, 3.05) is 0 Å². The van der Waals surface area contributed by atoms with Gasteiger partial charge in [0.05, 0.1) is 6.26 Å². The zero-order valence-electron chi connectivity index (χ0n) is 8.11. The molecule has 1 atom stereocenters. The number of rotatable bonds is 1. The van der Waals surface area contributed by atoms with Crippen LogP contribution in [0.1, 0.15) is 5.76 Å². The molecule has 0 spiro atoms. The van der Waals surface area contributed by atoms with E-state index in [2.05, 4.69) is 27.7 Å². The van der Waals surface area contributed by atoms with E-state index in [-0.39, 0.29) is 4.70 Å². The predicted octanol–water partition coefficient (Wildman–Crippen LogP) is 0.857. The third kappa shape index (κ3) is 1.33. The van der Waals surface area contributed by atoms with Crippen molar-refractivity contribution in [1.82, 2.24) is 0 Å². The molecular weight excluding hydrogens is 226 g/mol. The van der Waals surface area contributed by atoms with E-state index in [0.29, 0.717) is 22.5 Å². The molecule has 0 aromatic carbocycles. The maximum atomic E-state index is 6.01. The van der Waals surface area contributed by atoms with Crippen LogP contribution in [0.15, 0.2) is 49.1 Å². The van der Waals surface area contributed by atoms with Crippen molar-refractivity contribution in [3.8, 4) is 0 Å². The van der Waals surface area contributed by atoms with E-state index >= 15 is 0 Å². The molecule has 1 aromatic rings. The minimum Gasteiger partial charge on any atom is -0.461 e. The first-order valence-electron chi connectivity index (χ1n) is 4.54. The third-order valence-corrected chi connectivity index (χ3v) is 2.44. The summed E-state index contributed by atoms with van der Waals surface area (Å²) in [5.74, 6) is 7.57. The Labute approximate surface area is 96.4 Å². The summed E-state index contributed by atoms with van der Waals surface area (Å²) in [6.07, 6.45) is 4.70. The summed E-state index contributed by atoms with van der Waals surface area (Å²) in [4.78, 5) is 8.25. The molecule has 0 aliphatic carbocycles. The Hall–Kier alpha value is -1.70. The Kier molecular flexibility index (Phi) is 1.87. The number of furan rings is 1. The number of thiol groups is 1. The van der Waals surface area contributed by atoms with Crippen molar-refractivity contribution < 1.29 is 9.12 Å². The van der Waals surface area contributed by atoms with Gasteiger partial charge in [0.15, 0.2) is 17.0 Å². The molecule has 2 aliphatic heterocycles. The van der Waals surface area contributed by atoms with Crippen molar-refractivity contribution >= 4 is 30.5 Å². The average Bonchev–Trinajstić information content (AvgIpc) is 2.81. The van der Waals surface area contributed by atoms with E-state index < -0.39 is 0 Å². The summed E-state index contributed by atoms with van der Waals surface area (Å²) in [6.45, 7) is 0. The van der Waals surface area contributed by atoms with Gasteiger partial charge in [-0.3, -0.25) is 0 Å². The second-order valence-corrected chi connectivity index (χ2v) is 3.81. The van der Waals surface area contributed by atoms with E-state index in [9.17, 15) is 0 Å². The van der Waals surface area contributed by atoms with Gasteiger partial charge in [0, 0.05) is 0 Å². The fraction of sp³-hybridized carbons (Fsp3) is 0. The standard InChI is InChI=1S/C9H7N5OS/c10-14-5-8(16)11-4-7(14)12-9(13-14)6-2-1-3-15-6/h1-5H,10H2/p+1. The summed E-state index contributed by atoms with van der Waals surface area (Å²) in [7, 11) is 0. The molecule has 6 nitrogen and oxygen atoms in total. The number of amidine groups is 2. The van der Waals surface area contributed by atoms with Crippen molar-refractivity contribution in [1.29, 1.82) is 0 Å². The predicted molar refractivity (Wildman–Crippen MR) is 62.7 cm³/mol. The molecule has 80 valence electrons. The zero-order valence-corrected chi connectivity index (χ0v) is 9.00. The molecule has 0 amide bonds. The Bertz CT molecular complexity index is 556. The normalized spacial score (nSPS) is 27.2. The molecule has 2 N–H and O–H groups in total. The van der Waals surface area contributed by atoms with Crippen LogP contribution in [0.3, 0.4) is 0 Å². The number of quaternary nitrogens is 1. The first kappa shape index (κ1) is 9.52. The van der Waals surface area contributed by atoms with Gasteiger partial charge >= 0.3 is 0 Å². The molecular formula is C9H8N5OS+. The van der Waals surface area contributed by atoms with E-state index in [1.54, 1.807) is 30.8 Å². The average molecular weight is 234 g/mol. The van der Waals surface area contributed by atoms with Crippen LogP contribution in [0.4, 0.5) is 0 Å². The van der Waals surface area contributed by atoms with E-state index in [1.807, 2.05) is 0 Å². The summed E-state index contributed by atoms with van der Waals surface area (Å²) in [6, 6.07) is 3.54. The van der Waals surface area contributed by atoms with Crippen molar-refractivity contribution in [3.05, 3.63) is 35.4 Å². The molecule has 2 aliphatic rings. The van der Waals surface area contributed by atoms with E-state index in [1.165, 1.54) is 0 Å². The lowest BCUT2D eigenvalue weighted by Crippen LogP contribution is -2.49. The summed E-state index contributed by atoms with van der Waals surface area (Å²) >= 11 is 4.12. The topological polar surface area (TPSA) is 76.2 Å². The molecule has 0 bridgehead atoms. The van der Waals surface area contributed by atoms with Crippen molar-refractivity contribution in [2.24, 2.45) is 20.9 Å². The van der Waals surface area contributed by atoms with Crippen LogP contribution in [0.25, 0.3) is 0 Å². The van der Waals surface area contributed by atoms with E-state index in [4.69, 9.17) is 10.3 Å². The van der Waals surface area contributed by atoms with Crippen LogP contribution in [-0.2, 0) is 0 Å². The van der Waals surface area contributed by atoms with Gasteiger partial charge < -0.3 is 4.42 Å². The lowest BCUT2D eigenvalue weighted by molar-refractivity contribution is -0.803. The second kappa shape index (κ2) is 3.14. The summed E-state index contributed by atoms with van der Waals surface area (Å²) < 4.78 is 4.94. The Morgan fingerprint density at radius 1 is 1.44 bits per heavy atom. The molecule has 7 heteroatoms. The van der Waals surface area contributed by atoms with E-state index in [0.717, 1.165) is 0 Å². The molecule has 0 saturated carbocycles. The van der Waals surface area contributed by atoms with Crippen LogP contribution in [0, 0.1) is 0 Å². The van der Waals surface area contributed by atoms with Crippen LogP contribution >= 0.6 is 12.6 Å². The van der Waals surface area contributed by atoms with Crippen molar-refractivity contribution in [2.45, 2.75) is 0 Å². The quantitative estimate of drug-likeness (QED) is 0.429. The molecule has 16 heavy (non-hydrogen) atoms. The molecule has 1 aromatic heterocycles. The smallest absolute Gasteiger partial charge is 0.300 e. The number of nitrogens with two attached hydrogens (primary N) is 1. The van der Waals surface area contributed by atoms with Gasteiger partial charge in [-0.1, -0.05) is 0 Å². The highest BCUT2D eigenvalue weighted by molar-refractivity contribution is 7.84. The highest BCUT2D eigenvalue weighted by Gasteiger charge is 2.39. The SMILES string of the molecule is N[N+]12C=C(S)N=CC1=NC(c1ccco1)=N2. The number of fused-ring (bicyclic) bond motifs is 1. The van der Waals surface area contributed by atoms with Gasteiger partial charge in [-0.2, -0.15) is 4.99 Å². The second-order valence-electron chi connectivity index (χ2n) is 3.35. The molecule has 0 fully saturated rings. The van der Waals surface area contributed by atoms with Gasteiger partial charge in [-0.15, -0.1) is 18.5 Å². The van der Waals surface area contributed by atoms with Gasteiger partial charge in [0.1, 0.15) is 6.21 Å². The fourth-order valence-electron chi connectivity index (χ4n) is 1.48. The zero-order chi connectivity index (χ0) is 11.2. The monoisotopic (exact) mass is 234 g/mol. The van der Waals surface area contributed by atoms with Gasteiger partial charge in [0.25, 0.3) is 11.7 Å². The van der Waals surface area contributed by atoms with Crippen LogP contribution in [0.5, 0.6) is 0 Å². The van der Waals surface area contributed by atoms with Crippen molar-refractivity contribution in [3.63, 3.8) is 0 Å². The van der Waals surface area contributed by atoms with Gasteiger partial charge in [-0.05, 0) is 21.9 Å². The number of hydrogen-bond donors (Lipinski definition) is 2. The molecule has 3 heterocycles. The first-order valence-corrected chi connectivity index (χ1v) is 4.99. The Morgan fingerprint density at radius 3 is 3.06 bits per heavy atom. The maximum Gasteiger partial charge on any atom is 0.300 e. The van der Waals surface area contributed by atoms with Crippen LogP contribution < -0.4 is 5.84 Å². The highest BCUT2D eigenvalue weighted by atomic mass is 32.1. The molecule has 1 unspecified atom stereocenters. The van der Waals surface area contributed by atoms with Gasteiger partial charge in [-0.25, -0.2) is 4.99 Å². The molecule has 0 saturated heterocycles. The minimum absolute atomic E-state index is 0.266. The van der Waals surface area contributed by atoms with Gasteiger partial charge in [0.2, 0.25) is 0 Å². The number of aliphatic imine (C=N–C) groups is 2. The Morgan fingerprint density at radius 2 is 2.31 bits per heavy atom. The lowest BCUT2D eigenvalue weighted by atomic mass is 10.4. The maximum absolute atomic E-state index is 6.01. The Balaban J connectivity index is 2.09. The first-order chi connectivity index (χ1) is 7.67. The van der Waals surface area contributed by atoms with Crippen LogP contribution in [-0.4, -0.2) is 22.6 Å². The number of hydrogen-bond acceptors (Lipinski definition) is 6. The molecule has 0 radical (unpaired) electrons. The largest absolute Gasteiger partial charge is 0.461 e. The molecule has 3 rings (SSSR count). The minimum atomic E-state index is -0.266.